The minimum atomic E-state index is -0.462. The molecule has 10 heteroatoms. The van der Waals surface area contributed by atoms with Gasteiger partial charge in [-0.25, -0.2) is 0 Å². The molecule has 0 unspecified atom stereocenters. The second-order valence-electron chi connectivity index (χ2n) is 8.12. The maximum Gasteiger partial charge on any atom is 0.293 e. The highest BCUT2D eigenvalue weighted by Crippen LogP contribution is 2.35. The Bertz CT molecular complexity index is 1340. The summed E-state index contributed by atoms with van der Waals surface area (Å²) in [5.74, 6) is 1.21. The Morgan fingerprint density at radius 2 is 1.70 bits per heavy atom. The van der Waals surface area contributed by atoms with Crippen molar-refractivity contribution in [3.63, 3.8) is 0 Å². The number of thioether (sulfide) groups is 1. The fourth-order valence-corrected chi connectivity index (χ4v) is 4.37. The summed E-state index contributed by atoms with van der Waals surface area (Å²) in [7, 11) is 1.51. The summed E-state index contributed by atoms with van der Waals surface area (Å²) in [5.41, 5.74) is 2.51. The van der Waals surface area contributed by atoms with Gasteiger partial charge in [0.25, 0.3) is 16.8 Å². The Morgan fingerprint density at radius 3 is 2.38 bits per heavy atom. The van der Waals surface area contributed by atoms with Crippen LogP contribution in [-0.2, 0) is 11.4 Å². The monoisotopic (exact) mass is 520 g/mol. The molecule has 0 N–H and O–H groups in total. The third-order valence-corrected chi connectivity index (χ3v) is 6.41. The number of benzene rings is 3. The predicted octanol–water partition coefficient (Wildman–Crippen LogP) is 5.61. The number of ether oxygens (including phenoxy) is 3. The van der Waals surface area contributed by atoms with Crippen LogP contribution in [0.3, 0.4) is 0 Å². The Balaban J connectivity index is 1.41. The molecule has 0 bridgehead atoms. The molecule has 1 aliphatic heterocycles. The molecule has 0 atom stereocenters. The molecule has 1 aliphatic rings. The maximum absolute atomic E-state index is 12.9. The first-order valence-electron chi connectivity index (χ1n) is 11.3. The van der Waals surface area contributed by atoms with Crippen molar-refractivity contribution in [3.05, 3.63) is 98.4 Å². The summed E-state index contributed by atoms with van der Waals surface area (Å²) in [5, 5.41) is 10.5. The molecule has 0 saturated carbocycles. The molecule has 1 fully saturated rings. The largest absolute Gasteiger partial charge is 0.493 e. The summed E-state index contributed by atoms with van der Waals surface area (Å²) in [6, 6.07) is 18.8. The first-order chi connectivity index (χ1) is 17.8. The van der Waals surface area contributed by atoms with Crippen molar-refractivity contribution in [1.29, 1.82) is 0 Å². The van der Waals surface area contributed by atoms with E-state index in [1.165, 1.54) is 24.1 Å². The number of nitro benzene ring substituents is 1. The van der Waals surface area contributed by atoms with Gasteiger partial charge in [0, 0.05) is 12.1 Å². The number of aryl methyl sites for hydroxylation is 1. The summed E-state index contributed by atoms with van der Waals surface area (Å²) < 4.78 is 16.9. The molecule has 0 aromatic heterocycles. The van der Waals surface area contributed by atoms with Gasteiger partial charge in [-0.15, -0.1) is 0 Å². The number of nitrogens with zero attached hydrogens (tertiary/aromatic N) is 2. The van der Waals surface area contributed by atoms with Gasteiger partial charge >= 0.3 is 0 Å². The highest BCUT2D eigenvalue weighted by atomic mass is 32.2. The minimum absolute atomic E-state index is 0.000939. The number of hydrogen-bond acceptors (Lipinski definition) is 8. The first-order valence-corrected chi connectivity index (χ1v) is 12.1. The first kappa shape index (κ1) is 25.8. The van der Waals surface area contributed by atoms with Crippen molar-refractivity contribution in [2.45, 2.75) is 13.5 Å². The lowest BCUT2D eigenvalue weighted by Crippen LogP contribution is -2.32. The average molecular weight is 521 g/mol. The molecule has 0 spiro atoms. The van der Waals surface area contributed by atoms with Crippen molar-refractivity contribution < 1.29 is 28.7 Å². The van der Waals surface area contributed by atoms with Crippen LogP contribution in [0.15, 0.2) is 71.6 Å². The number of rotatable bonds is 10. The second-order valence-corrected chi connectivity index (χ2v) is 9.11. The topological polar surface area (TPSA) is 108 Å². The van der Waals surface area contributed by atoms with E-state index < -0.39 is 4.92 Å². The van der Waals surface area contributed by atoms with Crippen LogP contribution in [0.4, 0.5) is 10.5 Å². The molecule has 9 nitrogen and oxygen atoms in total. The van der Waals surface area contributed by atoms with Crippen LogP contribution in [0.1, 0.15) is 16.7 Å². The van der Waals surface area contributed by atoms with Crippen molar-refractivity contribution in [2.75, 3.05) is 20.3 Å². The molecule has 3 aromatic carbocycles. The predicted molar refractivity (Wildman–Crippen MR) is 140 cm³/mol. The molecule has 190 valence electrons. The molecule has 0 aliphatic carbocycles. The van der Waals surface area contributed by atoms with E-state index in [-0.39, 0.29) is 36.6 Å². The number of carbonyl (C=O) groups is 2. The Kier molecular flexibility index (Phi) is 8.09. The SMILES string of the molecule is COc1ccc(/C=C2\SC(=O)N(CCOc3ccc(C)cc3)C2=O)cc1OCc1ccc([N+](=O)[O-])cc1. The quantitative estimate of drug-likeness (QED) is 0.193. The molecule has 2 amide bonds. The number of nitro groups is 1. The fourth-order valence-electron chi connectivity index (χ4n) is 3.50. The van der Waals surface area contributed by atoms with Crippen LogP contribution in [-0.4, -0.2) is 41.2 Å². The molecule has 1 saturated heterocycles. The van der Waals surface area contributed by atoms with Gasteiger partial charge in [-0.2, -0.15) is 0 Å². The van der Waals surface area contributed by atoms with Crippen LogP contribution in [0.25, 0.3) is 6.08 Å². The van der Waals surface area contributed by atoms with Crippen molar-refractivity contribution in [2.24, 2.45) is 0 Å². The number of imide groups is 1. The molecule has 1 heterocycles. The summed E-state index contributed by atoms with van der Waals surface area (Å²) >= 11 is 0.870. The molecular weight excluding hydrogens is 496 g/mol. The summed E-state index contributed by atoms with van der Waals surface area (Å²) in [6.07, 6.45) is 1.63. The van der Waals surface area contributed by atoms with Crippen molar-refractivity contribution in [3.8, 4) is 17.2 Å². The third-order valence-electron chi connectivity index (χ3n) is 5.51. The van der Waals surface area contributed by atoms with Gasteiger partial charge in [-0.1, -0.05) is 23.8 Å². The van der Waals surface area contributed by atoms with Gasteiger partial charge in [0.1, 0.15) is 19.0 Å². The van der Waals surface area contributed by atoms with Crippen LogP contribution in [0.5, 0.6) is 17.2 Å². The Labute approximate surface area is 217 Å². The Hall–Kier alpha value is -4.31. The van der Waals surface area contributed by atoms with E-state index >= 15 is 0 Å². The average Bonchev–Trinajstić information content (AvgIpc) is 3.16. The van der Waals surface area contributed by atoms with E-state index in [2.05, 4.69) is 0 Å². The van der Waals surface area contributed by atoms with Gasteiger partial charge in [0.15, 0.2) is 11.5 Å². The smallest absolute Gasteiger partial charge is 0.293 e. The number of carbonyl (C=O) groups excluding carboxylic acids is 2. The molecule has 0 radical (unpaired) electrons. The normalized spacial score (nSPS) is 14.2. The number of methoxy groups -OCH3 is 1. The lowest BCUT2D eigenvalue weighted by atomic mass is 10.1. The number of amides is 2. The van der Waals surface area contributed by atoms with Gasteiger partial charge in [0.05, 0.1) is 23.5 Å². The van der Waals surface area contributed by atoms with Crippen LogP contribution < -0.4 is 14.2 Å². The van der Waals surface area contributed by atoms with Gasteiger partial charge in [-0.05, 0) is 72.3 Å². The minimum Gasteiger partial charge on any atom is -0.493 e. The lowest BCUT2D eigenvalue weighted by Gasteiger charge is -2.13. The highest BCUT2D eigenvalue weighted by Gasteiger charge is 2.34. The van der Waals surface area contributed by atoms with Gasteiger partial charge in [-0.3, -0.25) is 24.6 Å². The van der Waals surface area contributed by atoms with E-state index in [0.29, 0.717) is 27.7 Å². The maximum atomic E-state index is 12.9. The van der Waals surface area contributed by atoms with E-state index in [9.17, 15) is 19.7 Å². The fraction of sp³-hybridized carbons (Fsp3) is 0.185. The van der Waals surface area contributed by atoms with Gasteiger partial charge in [0.2, 0.25) is 0 Å². The van der Waals surface area contributed by atoms with Crippen molar-refractivity contribution in [1.82, 2.24) is 4.90 Å². The zero-order valence-corrected chi connectivity index (χ0v) is 21.0. The van der Waals surface area contributed by atoms with E-state index in [1.54, 1.807) is 36.4 Å². The summed E-state index contributed by atoms with van der Waals surface area (Å²) in [6.45, 7) is 2.47. The number of non-ortho nitro benzene ring substituents is 1. The Morgan fingerprint density at radius 1 is 0.973 bits per heavy atom. The van der Waals surface area contributed by atoms with Crippen LogP contribution in [0.2, 0.25) is 0 Å². The van der Waals surface area contributed by atoms with Crippen molar-refractivity contribution >= 4 is 34.7 Å². The van der Waals surface area contributed by atoms with E-state index in [1.807, 2.05) is 31.2 Å². The molecule has 37 heavy (non-hydrogen) atoms. The van der Waals surface area contributed by atoms with Crippen LogP contribution >= 0.6 is 11.8 Å². The van der Waals surface area contributed by atoms with Gasteiger partial charge < -0.3 is 14.2 Å². The molecular formula is C27H24N2O7S. The zero-order chi connectivity index (χ0) is 26.4. The standard InChI is InChI=1S/C27H24N2O7S/c1-18-3-10-22(11-4-18)35-14-13-28-26(30)25(37-27(28)31)16-20-7-12-23(34-2)24(15-20)36-17-19-5-8-21(9-6-19)29(32)33/h3-12,15-16H,13-14,17H2,1-2H3/b25-16-. The third kappa shape index (κ3) is 6.47. The summed E-state index contributed by atoms with van der Waals surface area (Å²) in [4.78, 5) is 37.1. The van der Waals surface area contributed by atoms with E-state index in [4.69, 9.17) is 14.2 Å². The number of hydrogen-bond donors (Lipinski definition) is 0. The highest BCUT2D eigenvalue weighted by molar-refractivity contribution is 8.18. The van der Waals surface area contributed by atoms with E-state index in [0.717, 1.165) is 22.9 Å². The lowest BCUT2D eigenvalue weighted by molar-refractivity contribution is -0.384. The molecule has 4 rings (SSSR count). The molecule has 3 aromatic rings. The van der Waals surface area contributed by atoms with Crippen LogP contribution in [0, 0.1) is 17.0 Å². The zero-order valence-electron chi connectivity index (χ0n) is 20.2. The second kappa shape index (κ2) is 11.6.